The van der Waals surface area contributed by atoms with Crippen LogP contribution in [0.15, 0.2) is 42.5 Å². The molecule has 1 heterocycles. The predicted molar refractivity (Wildman–Crippen MR) is 73.3 cm³/mol. The van der Waals surface area contributed by atoms with E-state index in [0.29, 0.717) is 0 Å². The Kier molecular flexibility index (Phi) is 2.10. The molecule has 71 valence electrons. The molecule has 0 amide bonds. The molecule has 0 bridgehead atoms. The molecule has 15 heavy (non-hydrogen) atoms. The van der Waals surface area contributed by atoms with Crippen LogP contribution in [0.1, 0.15) is 0 Å². The molecule has 3 rings (SSSR count). The maximum atomic E-state index is 3.65. The highest BCUT2D eigenvalue weighted by atomic mass is 127. The highest BCUT2D eigenvalue weighted by molar-refractivity contribution is 14.1. The number of benzene rings is 2. The van der Waals surface area contributed by atoms with Crippen LogP contribution in [0, 0.1) is 3.57 Å². The van der Waals surface area contributed by atoms with E-state index in [1.54, 1.807) is 0 Å². The summed E-state index contributed by atoms with van der Waals surface area (Å²) in [7, 11) is 3.65. The summed E-state index contributed by atoms with van der Waals surface area (Å²) in [6.07, 6.45) is 0. The van der Waals surface area contributed by atoms with E-state index < -0.39 is 0 Å². The van der Waals surface area contributed by atoms with Crippen molar-refractivity contribution in [1.82, 2.24) is 4.23 Å². The molecular weight excluding hydrogens is 313 g/mol. The molecule has 0 spiro atoms. The molecule has 0 saturated heterocycles. The third-order valence-electron chi connectivity index (χ3n) is 2.63. The van der Waals surface area contributed by atoms with Gasteiger partial charge < -0.3 is 4.23 Å². The summed E-state index contributed by atoms with van der Waals surface area (Å²) in [4.78, 5) is 0. The van der Waals surface area contributed by atoms with Crippen molar-refractivity contribution in [3.63, 3.8) is 0 Å². The van der Waals surface area contributed by atoms with Gasteiger partial charge in [-0.2, -0.15) is 0 Å². The van der Waals surface area contributed by atoms with Crippen LogP contribution in [0.4, 0.5) is 0 Å². The van der Waals surface area contributed by atoms with Gasteiger partial charge in [0.15, 0.2) is 10.4 Å². The van der Waals surface area contributed by atoms with Gasteiger partial charge in [-0.3, -0.25) is 0 Å². The van der Waals surface area contributed by atoms with Crippen LogP contribution in [0.2, 0.25) is 0 Å². The lowest BCUT2D eigenvalue weighted by molar-refractivity contribution is 1.39. The first-order chi connectivity index (χ1) is 7.27. The SMILES string of the molecule is [Si]n1c2ccccc2c2cc(I)ccc21. The average molecular weight is 320 g/mol. The summed E-state index contributed by atoms with van der Waals surface area (Å²) in [6.45, 7) is 0. The molecule has 1 aromatic heterocycles. The summed E-state index contributed by atoms with van der Waals surface area (Å²) in [6, 6.07) is 14.9. The van der Waals surface area contributed by atoms with Gasteiger partial charge in [-0.25, -0.2) is 0 Å². The standard InChI is InChI=1S/C12H7INSi/c13-8-5-6-12-10(7-8)9-3-1-2-4-11(9)14(12)15/h1-7H. The van der Waals surface area contributed by atoms with Crippen molar-refractivity contribution in [2.75, 3.05) is 0 Å². The van der Waals surface area contributed by atoms with Crippen LogP contribution in [0.5, 0.6) is 0 Å². The van der Waals surface area contributed by atoms with Gasteiger partial charge >= 0.3 is 0 Å². The summed E-state index contributed by atoms with van der Waals surface area (Å²) in [5.41, 5.74) is 2.43. The van der Waals surface area contributed by atoms with E-state index >= 15 is 0 Å². The molecule has 1 nitrogen and oxygen atoms in total. The first-order valence-electron chi connectivity index (χ1n) is 4.68. The number of halogens is 1. The normalized spacial score (nSPS) is 11.3. The maximum Gasteiger partial charge on any atom is 0.196 e. The summed E-state index contributed by atoms with van der Waals surface area (Å²) >= 11 is 2.34. The van der Waals surface area contributed by atoms with Gasteiger partial charge in [0.25, 0.3) is 0 Å². The second-order valence-electron chi connectivity index (χ2n) is 3.51. The highest BCUT2D eigenvalue weighted by Crippen LogP contribution is 2.28. The topological polar surface area (TPSA) is 4.93 Å². The number of aromatic nitrogens is 1. The van der Waals surface area contributed by atoms with E-state index in [1.807, 2.05) is 0 Å². The smallest absolute Gasteiger partial charge is 0.196 e. The van der Waals surface area contributed by atoms with E-state index in [4.69, 9.17) is 0 Å². The minimum Gasteiger partial charge on any atom is -0.370 e. The molecular formula is C12H7INSi. The number of hydrogen-bond donors (Lipinski definition) is 0. The Labute approximate surface area is 105 Å². The Morgan fingerprint density at radius 3 is 2.53 bits per heavy atom. The van der Waals surface area contributed by atoms with E-state index in [0.717, 1.165) is 0 Å². The quantitative estimate of drug-likeness (QED) is 0.442. The average Bonchev–Trinajstić information content (AvgIpc) is 2.54. The lowest BCUT2D eigenvalue weighted by atomic mass is 10.2. The second-order valence-corrected chi connectivity index (χ2v) is 5.21. The number of hydrogen-bond acceptors (Lipinski definition) is 0. The van der Waals surface area contributed by atoms with Gasteiger partial charge in [-0.15, -0.1) is 0 Å². The Morgan fingerprint density at radius 2 is 1.67 bits per heavy atom. The van der Waals surface area contributed by atoms with Crippen LogP contribution < -0.4 is 0 Å². The van der Waals surface area contributed by atoms with Crippen LogP contribution in [0.25, 0.3) is 21.8 Å². The molecule has 0 aliphatic heterocycles. The molecule has 0 N–H and O–H groups in total. The fraction of sp³-hybridized carbons (Fsp3) is 0. The van der Waals surface area contributed by atoms with E-state index in [9.17, 15) is 0 Å². The fourth-order valence-electron chi connectivity index (χ4n) is 1.95. The van der Waals surface area contributed by atoms with Crippen LogP contribution in [-0.2, 0) is 0 Å². The van der Waals surface area contributed by atoms with Crippen molar-refractivity contribution in [3.8, 4) is 0 Å². The lowest BCUT2D eigenvalue weighted by Gasteiger charge is -1.96. The first-order valence-corrected chi connectivity index (χ1v) is 6.20. The van der Waals surface area contributed by atoms with Crippen LogP contribution in [0.3, 0.4) is 0 Å². The largest absolute Gasteiger partial charge is 0.370 e. The number of fused-ring (bicyclic) bond motifs is 3. The van der Waals surface area contributed by atoms with E-state index in [1.165, 1.54) is 25.4 Å². The summed E-state index contributed by atoms with van der Waals surface area (Å²) in [5, 5.41) is 2.59. The maximum absolute atomic E-state index is 3.65. The van der Waals surface area contributed by atoms with Gasteiger partial charge in [-0.1, -0.05) is 18.2 Å². The van der Waals surface area contributed by atoms with Crippen molar-refractivity contribution < 1.29 is 0 Å². The van der Waals surface area contributed by atoms with Gasteiger partial charge in [-0.05, 0) is 46.9 Å². The molecule has 3 heteroatoms. The fourth-order valence-corrected chi connectivity index (χ4v) is 2.83. The summed E-state index contributed by atoms with van der Waals surface area (Å²) in [5.74, 6) is 0. The molecule has 0 fully saturated rings. The molecule has 2 aromatic carbocycles. The van der Waals surface area contributed by atoms with Gasteiger partial charge in [0.2, 0.25) is 0 Å². The molecule has 0 saturated carbocycles. The minimum atomic E-state index is 1.21. The zero-order chi connectivity index (χ0) is 10.4. The third kappa shape index (κ3) is 1.33. The second kappa shape index (κ2) is 3.35. The van der Waals surface area contributed by atoms with Crippen molar-refractivity contribution >= 4 is 54.8 Å². The van der Waals surface area contributed by atoms with Gasteiger partial charge in [0, 0.05) is 25.4 Å². The Balaban J connectivity index is 2.64. The molecule has 0 atom stereocenters. The van der Waals surface area contributed by atoms with E-state index in [2.05, 4.69) is 79.7 Å². The Hall–Kier alpha value is -0.813. The number of para-hydroxylation sites is 1. The first kappa shape index (κ1) is 9.42. The summed E-state index contributed by atoms with van der Waals surface area (Å²) < 4.78 is 3.32. The van der Waals surface area contributed by atoms with Crippen LogP contribution in [-0.4, -0.2) is 14.6 Å². The van der Waals surface area contributed by atoms with Crippen molar-refractivity contribution in [1.29, 1.82) is 0 Å². The molecule has 0 aliphatic rings. The molecule has 3 aromatic rings. The van der Waals surface area contributed by atoms with Crippen molar-refractivity contribution in [2.24, 2.45) is 0 Å². The number of rotatable bonds is 0. The van der Waals surface area contributed by atoms with Crippen LogP contribution >= 0.6 is 22.6 Å². The minimum absolute atomic E-state index is 1.21. The zero-order valence-electron chi connectivity index (χ0n) is 7.87. The molecule has 0 unspecified atom stereocenters. The Morgan fingerprint density at radius 1 is 0.933 bits per heavy atom. The van der Waals surface area contributed by atoms with Crippen molar-refractivity contribution in [2.45, 2.75) is 0 Å². The molecule has 0 aliphatic carbocycles. The van der Waals surface area contributed by atoms with Crippen molar-refractivity contribution in [3.05, 3.63) is 46.0 Å². The molecule has 3 radical (unpaired) electrons. The van der Waals surface area contributed by atoms with Gasteiger partial charge in [0.05, 0.1) is 0 Å². The predicted octanol–water partition coefficient (Wildman–Crippen LogP) is 3.33. The zero-order valence-corrected chi connectivity index (χ0v) is 11.0. The monoisotopic (exact) mass is 320 g/mol. The van der Waals surface area contributed by atoms with E-state index in [-0.39, 0.29) is 0 Å². The third-order valence-corrected chi connectivity index (χ3v) is 3.79. The number of nitrogens with zero attached hydrogens (tertiary/aromatic N) is 1. The Bertz CT molecular complexity index is 657. The highest BCUT2D eigenvalue weighted by Gasteiger charge is 2.06. The lowest BCUT2D eigenvalue weighted by Crippen LogP contribution is -1.89. The van der Waals surface area contributed by atoms with Gasteiger partial charge in [0.1, 0.15) is 0 Å².